The van der Waals surface area contributed by atoms with Crippen molar-refractivity contribution in [3.05, 3.63) is 64.2 Å². The van der Waals surface area contributed by atoms with Crippen LogP contribution in [0.3, 0.4) is 0 Å². The van der Waals surface area contributed by atoms with Gasteiger partial charge in [-0.25, -0.2) is 0 Å². The number of ether oxygens (including phenoxy) is 1. The minimum absolute atomic E-state index is 0.00322. The Morgan fingerprint density at radius 2 is 1.74 bits per heavy atom. The Balaban J connectivity index is 1.39. The highest BCUT2D eigenvalue weighted by Gasteiger charge is 2.58. The van der Waals surface area contributed by atoms with Crippen LogP contribution in [0.1, 0.15) is 71.1 Å². The lowest BCUT2D eigenvalue weighted by atomic mass is 9.43. The molecule has 3 heteroatoms. The summed E-state index contributed by atoms with van der Waals surface area (Å²) in [5.41, 5.74) is 6.50. The molecule has 4 aliphatic carbocycles. The molecule has 164 valence electrons. The summed E-state index contributed by atoms with van der Waals surface area (Å²) in [4.78, 5) is 13.1. The van der Waals surface area contributed by atoms with Gasteiger partial charge >= 0.3 is 0 Å². The van der Waals surface area contributed by atoms with Crippen molar-refractivity contribution in [2.75, 3.05) is 13.7 Å². The first-order valence-electron chi connectivity index (χ1n) is 11.8. The van der Waals surface area contributed by atoms with Crippen molar-refractivity contribution in [1.82, 2.24) is 5.32 Å². The Bertz CT molecular complexity index is 1010. The molecule has 1 amide bonds. The van der Waals surface area contributed by atoms with Gasteiger partial charge in [0.2, 0.25) is 0 Å². The average Bonchev–Trinajstić information content (AvgIpc) is 2.73. The molecule has 4 aliphatic rings. The Morgan fingerprint density at radius 1 is 1.00 bits per heavy atom. The molecule has 0 saturated heterocycles. The molecule has 0 unspecified atom stereocenters. The van der Waals surface area contributed by atoms with Gasteiger partial charge < -0.3 is 10.1 Å². The minimum atomic E-state index is -0.00322. The van der Waals surface area contributed by atoms with Crippen molar-refractivity contribution >= 4 is 5.91 Å². The van der Waals surface area contributed by atoms with E-state index in [1.165, 1.54) is 49.7 Å². The molecule has 0 aliphatic heterocycles. The number of aryl methyl sites for hydroxylation is 3. The van der Waals surface area contributed by atoms with E-state index in [1.807, 2.05) is 25.1 Å². The summed E-state index contributed by atoms with van der Waals surface area (Å²) in [5, 5.41) is 3.33. The SMILES string of the molecule is COc1c(C)cccc1C(=O)NCC12C[C@H]3C[C@H](C1)CC(c1ccc(C)c(C)c1)(C3)C2. The Morgan fingerprint density at radius 3 is 2.42 bits per heavy atom. The van der Waals surface area contributed by atoms with Crippen LogP contribution in [-0.2, 0) is 5.41 Å². The highest BCUT2D eigenvalue weighted by molar-refractivity contribution is 5.97. The number of carbonyl (C=O) groups is 1. The maximum absolute atomic E-state index is 13.1. The second-order valence-corrected chi connectivity index (χ2v) is 10.9. The van der Waals surface area contributed by atoms with Gasteiger partial charge in [0.25, 0.3) is 5.91 Å². The van der Waals surface area contributed by atoms with Crippen LogP contribution in [0.25, 0.3) is 0 Å². The first-order valence-corrected chi connectivity index (χ1v) is 11.8. The van der Waals surface area contributed by atoms with Gasteiger partial charge in [-0.1, -0.05) is 30.3 Å². The Kier molecular flexibility index (Phi) is 4.91. The summed E-state index contributed by atoms with van der Waals surface area (Å²) in [6, 6.07) is 12.9. The number of benzene rings is 2. The maximum Gasteiger partial charge on any atom is 0.255 e. The highest BCUT2D eigenvalue weighted by Crippen LogP contribution is 2.65. The van der Waals surface area contributed by atoms with Crippen LogP contribution in [0.2, 0.25) is 0 Å². The van der Waals surface area contributed by atoms with Crippen LogP contribution in [0.15, 0.2) is 36.4 Å². The first kappa shape index (κ1) is 20.6. The topological polar surface area (TPSA) is 38.3 Å². The number of carbonyl (C=O) groups excluding carboxylic acids is 1. The van der Waals surface area contributed by atoms with Crippen LogP contribution in [-0.4, -0.2) is 19.6 Å². The molecule has 6 rings (SSSR count). The fraction of sp³-hybridized carbons (Fsp3) is 0.536. The summed E-state index contributed by atoms with van der Waals surface area (Å²) in [5.74, 6) is 2.29. The zero-order valence-electron chi connectivity index (χ0n) is 19.4. The van der Waals surface area contributed by atoms with E-state index in [2.05, 4.69) is 37.4 Å². The lowest BCUT2D eigenvalue weighted by molar-refractivity contribution is -0.0697. The van der Waals surface area contributed by atoms with Crippen molar-refractivity contribution in [3.8, 4) is 5.75 Å². The van der Waals surface area contributed by atoms with Gasteiger partial charge in [-0.3, -0.25) is 4.79 Å². The first-order chi connectivity index (χ1) is 14.8. The highest BCUT2D eigenvalue weighted by atomic mass is 16.5. The second kappa shape index (κ2) is 7.39. The molecule has 1 N–H and O–H groups in total. The van der Waals surface area contributed by atoms with Gasteiger partial charge in [0, 0.05) is 6.54 Å². The number of nitrogens with one attached hydrogen (secondary N) is 1. The van der Waals surface area contributed by atoms with E-state index in [1.54, 1.807) is 12.7 Å². The summed E-state index contributed by atoms with van der Waals surface area (Å²) >= 11 is 0. The standard InChI is InChI=1S/C28H35NO2/c1-18-8-9-23(10-20(18)3)28-14-21-11-22(15-28)13-27(12-21,16-28)17-29-26(30)24-7-5-6-19(2)25(24)31-4/h5-10,21-22H,11-17H2,1-4H3,(H,29,30)/t21-,22-,27?,28?/m1/s1. The quantitative estimate of drug-likeness (QED) is 0.659. The molecule has 0 aromatic heterocycles. The van der Waals surface area contributed by atoms with E-state index in [9.17, 15) is 4.79 Å². The fourth-order valence-electron chi connectivity index (χ4n) is 7.53. The maximum atomic E-state index is 13.1. The van der Waals surface area contributed by atoms with E-state index in [0.717, 1.165) is 23.9 Å². The molecular weight excluding hydrogens is 382 g/mol. The van der Waals surface area contributed by atoms with Crippen molar-refractivity contribution in [3.63, 3.8) is 0 Å². The normalized spacial score (nSPS) is 31.0. The number of hydrogen-bond donors (Lipinski definition) is 1. The summed E-state index contributed by atoms with van der Waals surface area (Å²) < 4.78 is 5.53. The van der Waals surface area contributed by atoms with Crippen LogP contribution in [0, 0.1) is 38.0 Å². The lowest BCUT2D eigenvalue weighted by Crippen LogP contribution is -2.57. The third-order valence-electron chi connectivity index (χ3n) is 8.59. The number of para-hydroxylation sites is 1. The number of rotatable bonds is 5. The van der Waals surface area contributed by atoms with Gasteiger partial charge in [0.05, 0.1) is 12.7 Å². The van der Waals surface area contributed by atoms with Gasteiger partial charge in [-0.15, -0.1) is 0 Å². The van der Waals surface area contributed by atoms with Crippen LogP contribution >= 0.6 is 0 Å². The van der Waals surface area contributed by atoms with Crippen molar-refractivity contribution in [1.29, 1.82) is 0 Å². The molecule has 2 aromatic carbocycles. The molecule has 0 spiro atoms. The molecule has 4 fully saturated rings. The smallest absolute Gasteiger partial charge is 0.255 e. The van der Waals surface area contributed by atoms with Crippen LogP contribution < -0.4 is 10.1 Å². The number of hydrogen-bond acceptors (Lipinski definition) is 2. The fourth-order valence-corrected chi connectivity index (χ4v) is 7.53. The van der Waals surface area contributed by atoms with E-state index >= 15 is 0 Å². The van der Waals surface area contributed by atoms with E-state index in [4.69, 9.17) is 4.74 Å². The minimum Gasteiger partial charge on any atom is -0.496 e. The van der Waals surface area contributed by atoms with Gasteiger partial charge in [0.15, 0.2) is 0 Å². The zero-order chi connectivity index (χ0) is 21.8. The van der Waals surface area contributed by atoms with E-state index in [-0.39, 0.29) is 11.3 Å². The third-order valence-corrected chi connectivity index (χ3v) is 8.59. The molecule has 0 heterocycles. The van der Waals surface area contributed by atoms with Crippen molar-refractivity contribution in [2.24, 2.45) is 17.3 Å². The van der Waals surface area contributed by atoms with E-state index in [0.29, 0.717) is 16.7 Å². The van der Waals surface area contributed by atoms with Gasteiger partial charge in [-0.05, 0) is 110 Å². The van der Waals surface area contributed by atoms with Crippen molar-refractivity contribution < 1.29 is 9.53 Å². The zero-order valence-corrected chi connectivity index (χ0v) is 19.4. The van der Waals surface area contributed by atoms with Gasteiger partial charge in [-0.2, -0.15) is 0 Å². The number of amides is 1. The molecule has 4 bridgehead atoms. The summed E-state index contributed by atoms with van der Waals surface area (Å²) in [6.07, 6.45) is 7.78. The molecule has 0 radical (unpaired) electrons. The van der Waals surface area contributed by atoms with Crippen LogP contribution in [0.4, 0.5) is 0 Å². The molecule has 2 atom stereocenters. The predicted octanol–water partition coefficient (Wildman–Crippen LogP) is 5.89. The molecule has 2 aromatic rings. The molecule has 31 heavy (non-hydrogen) atoms. The van der Waals surface area contributed by atoms with Crippen molar-refractivity contribution in [2.45, 2.75) is 64.7 Å². The largest absolute Gasteiger partial charge is 0.496 e. The molecule has 4 saturated carbocycles. The Hall–Kier alpha value is -2.29. The monoisotopic (exact) mass is 417 g/mol. The predicted molar refractivity (Wildman–Crippen MR) is 125 cm³/mol. The van der Waals surface area contributed by atoms with Crippen LogP contribution in [0.5, 0.6) is 5.75 Å². The summed E-state index contributed by atoms with van der Waals surface area (Å²) in [6.45, 7) is 7.21. The average molecular weight is 418 g/mol. The Labute approximate surface area is 186 Å². The van der Waals surface area contributed by atoms with E-state index < -0.39 is 0 Å². The number of methoxy groups -OCH3 is 1. The molecule has 3 nitrogen and oxygen atoms in total. The molecular formula is C28H35NO2. The third kappa shape index (κ3) is 3.46. The second-order valence-electron chi connectivity index (χ2n) is 10.9. The summed E-state index contributed by atoms with van der Waals surface area (Å²) in [7, 11) is 1.64. The van der Waals surface area contributed by atoms with Gasteiger partial charge in [0.1, 0.15) is 5.75 Å². The lowest BCUT2D eigenvalue weighted by Gasteiger charge is -2.62.